The van der Waals surface area contributed by atoms with Crippen molar-refractivity contribution >= 4 is 21.9 Å². The number of aryl methyl sites for hydroxylation is 1. The summed E-state index contributed by atoms with van der Waals surface area (Å²) in [7, 11) is 0.454. The number of aromatic nitrogens is 2. The zero-order chi connectivity index (χ0) is 18.2. The van der Waals surface area contributed by atoms with Crippen LogP contribution >= 0.6 is 0 Å². The van der Waals surface area contributed by atoms with Crippen LogP contribution in [0.2, 0.25) is 0 Å². The first kappa shape index (κ1) is 18.1. The van der Waals surface area contributed by atoms with Crippen LogP contribution in [0.5, 0.6) is 0 Å². The number of sulfonamides is 1. The van der Waals surface area contributed by atoms with Crippen molar-refractivity contribution in [1.29, 1.82) is 0 Å². The second kappa shape index (κ2) is 6.53. The minimum absolute atomic E-state index is 0.137. The van der Waals surface area contributed by atoms with Gasteiger partial charge in [0.1, 0.15) is 0 Å². The standard InChI is InChI=1S/C16H25N5O3S/c1-20(2)15-17-9-12-5-7-16(14(12)19-15)6-4-8-21(11-16)13(22)10-18-25(3,23)24/h9,18H,4-8,10-11H2,1-3H3. The van der Waals surface area contributed by atoms with Crippen LogP contribution in [-0.2, 0) is 26.7 Å². The third kappa shape index (κ3) is 3.77. The SMILES string of the molecule is CN(C)c1ncc2c(n1)C1(CCCN(C(=O)CNS(C)(=O)=O)C1)CC2. The van der Waals surface area contributed by atoms with E-state index in [1.54, 1.807) is 4.90 Å². The topological polar surface area (TPSA) is 95.5 Å². The van der Waals surface area contributed by atoms with E-state index in [0.29, 0.717) is 19.0 Å². The number of rotatable bonds is 4. The summed E-state index contributed by atoms with van der Waals surface area (Å²) >= 11 is 0. The molecule has 0 aromatic carbocycles. The van der Waals surface area contributed by atoms with Crippen molar-refractivity contribution < 1.29 is 13.2 Å². The van der Waals surface area contributed by atoms with Crippen molar-refractivity contribution in [3.8, 4) is 0 Å². The van der Waals surface area contributed by atoms with E-state index >= 15 is 0 Å². The molecular weight excluding hydrogens is 342 g/mol. The Hall–Kier alpha value is -1.74. The largest absolute Gasteiger partial charge is 0.347 e. The van der Waals surface area contributed by atoms with Crippen LogP contribution < -0.4 is 9.62 Å². The van der Waals surface area contributed by atoms with Crippen molar-refractivity contribution in [2.75, 3.05) is 44.9 Å². The Kier molecular flexibility index (Phi) is 4.72. The number of anilines is 1. The molecule has 0 bridgehead atoms. The van der Waals surface area contributed by atoms with E-state index in [2.05, 4.69) is 9.71 Å². The molecule has 2 heterocycles. The van der Waals surface area contributed by atoms with Gasteiger partial charge in [-0.25, -0.2) is 23.1 Å². The third-order valence-electron chi connectivity index (χ3n) is 5.04. The molecule has 1 amide bonds. The van der Waals surface area contributed by atoms with Crippen molar-refractivity contribution in [1.82, 2.24) is 19.6 Å². The lowest BCUT2D eigenvalue weighted by molar-refractivity contribution is -0.132. The summed E-state index contributed by atoms with van der Waals surface area (Å²) in [4.78, 5) is 25.3. The lowest BCUT2D eigenvalue weighted by atomic mass is 9.77. The molecular formula is C16H25N5O3S. The second-order valence-corrected chi connectivity index (χ2v) is 9.06. The van der Waals surface area contributed by atoms with Crippen LogP contribution in [-0.4, -0.2) is 69.2 Å². The van der Waals surface area contributed by atoms with E-state index in [4.69, 9.17) is 4.98 Å². The maximum Gasteiger partial charge on any atom is 0.237 e. The second-order valence-electron chi connectivity index (χ2n) is 7.23. The van der Waals surface area contributed by atoms with Gasteiger partial charge in [0.25, 0.3) is 0 Å². The summed E-state index contributed by atoms with van der Waals surface area (Å²) in [5.41, 5.74) is 2.08. The molecule has 1 saturated heterocycles. The highest BCUT2D eigenvalue weighted by Crippen LogP contribution is 2.44. The molecule has 3 rings (SSSR count). The molecule has 0 radical (unpaired) electrons. The Balaban J connectivity index is 1.80. The van der Waals surface area contributed by atoms with Crippen LogP contribution in [0.3, 0.4) is 0 Å². The summed E-state index contributed by atoms with van der Waals surface area (Å²) in [6.07, 6.45) is 6.73. The van der Waals surface area contributed by atoms with Gasteiger partial charge in [0, 0.05) is 38.8 Å². The van der Waals surface area contributed by atoms with Crippen molar-refractivity contribution in [3.05, 3.63) is 17.5 Å². The molecule has 1 aliphatic heterocycles. The number of carbonyl (C=O) groups excluding carboxylic acids is 1. The average Bonchev–Trinajstić information content (AvgIpc) is 2.89. The zero-order valence-electron chi connectivity index (χ0n) is 14.9. The highest BCUT2D eigenvalue weighted by Gasteiger charge is 2.44. The molecule has 1 atom stereocenters. The van der Waals surface area contributed by atoms with Crippen LogP contribution in [0.25, 0.3) is 0 Å². The predicted molar refractivity (Wildman–Crippen MR) is 95.0 cm³/mol. The summed E-state index contributed by atoms with van der Waals surface area (Å²) in [6, 6.07) is 0. The maximum atomic E-state index is 12.4. The number of hydrogen-bond acceptors (Lipinski definition) is 6. The number of hydrogen-bond donors (Lipinski definition) is 1. The molecule has 9 heteroatoms. The van der Waals surface area contributed by atoms with Gasteiger partial charge in [-0.1, -0.05) is 0 Å². The van der Waals surface area contributed by atoms with Gasteiger partial charge < -0.3 is 9.80 Å². The van der Waals surface area contributed by atoms with Crippen LogP contribution in [0.15, 0.2) is 6.20 Å². The summed E-state index contributed by atoms with van der Waals surface area (Å²) in [5.74, 6) is 0.502. The highest BCUT2D eigenvalue weighted by atomic mass is 32.2. The van der Waals surface area contributed by atoms with Crippen LogP contribution in [0, 0.1) is 0 Å². The van der Waals surface area contributed by atoms with Gasteiger partial charge in [-0.05, 0) is 31.2 Å². The Morgan fingerprint density at radius 2 is 2.16 bits per heavy atom. The van der Waals surface area contributed by atoms with Crippen LogP contribution in [0.4, 0.5) is 5.95 Å². The quantitative estimate of drug-likeness (QED) is 0.798. The molecule has 2 aliphatic rings. The smallest absolute Gasteiger partial charge is 0.237 e. The van der Waals surface area contributed by atoms with Gasteiger partial charge in [-0.3, -0.25) is 4.79 Å². The third-order valence-corrected chi connectivity index (χ3v) is 5.71. The van der Waals surface area contributed by atoms with Gasteiger partial charge in [-0.15, -0.1) is 0 Å². The Morgan fingerprint density at radius 3 is 2.84 bits per heavy atom. The number of fused-ring (bicyclic) bond motifs is 2. The van der Waals surface area contributed by atoms with Gasteiger partial charge in [0.05, 0.1) is 18.5 Å². The summed E-state index contributed by atoms with van der Waals surface area (Å²) < 4.78 is 24.7. The molecule has 1 aromatic heterocycles. The monoisotopic (exact) mass is 367 g/mol. The van der Waals surface area contributed by atoms with Gasteiger partial charge in [-0.2, -0.15) is 0 Å². The van der Waals surface area contributed by atoms with E-state index in [1.807, 2.05) is 25.2 Å². The van der Waals surface area contributed by atoms with Crippen molar-refractivity contribution in [3.63, 3.8) is 0 Å². The first-order valence-corrected chi connectivity index (χ1v) is 10.4. The van der Waals surface area contributed by atoms with Crippen LogP contribution in [0.1, 0.15) is 30.5 Å². The Labute approximate surface area is 148 Å². The molecule has 1 unspecified atom stereocenters. The minimum atomic E-state index is -3.37. The van der Waals surface area contributed by atoms with Crippen molar-refractivity contribution in [2.24, 2.45) is 0 Å². The fourth-order valence-corrected chi connectivity index (χ4v) is 4.18. The Morgan fingerprint density at radius 1 is 1.40 bits per heavy atom. The fourth-order valence-electron chi connectivity index (χ4n) is 3.79. The molecule has 1 aliphatic carbocycles. The lowest BCUT2D eigenvalue weighted by Crippen LogP contribution is -2.50. The van der Waals surface area contributed by atoms with Gasteiger partial charge in [0.15, 0.2) is 0 Å². The number of likely N-dealkylation sites (tertiary alicyclic amines) is 1. The lowest BCUT2D eigenvalue weighted by Gasteiger charge is -2.40. The molecule has 1 spiro atoms. The molecule has 1 fully saturated rings. The van der Waals surface area contributed by atoms with Gasteiger partial charge >= 0.3 is 0 Å². The normalized spacial score (nSPS) is 22.9. The number of piperidine rings is 1. The van der Waals surface area contributed by atoms with Crippen molar-refractivity contribution in [2.45, 2.75) is 31.1 Å². The molecule has 138 valence electrons. The number of nitrogens with one attached hydrogen (secondary N) is 1. The molecule has 1 N–H and O–H groups in total. The van der Waals surface area contributed by atoms with E-state index in [0.717, 1.165) is 43.2 Å². The fraction of sp³-hybridized carbons (Fsp3) is 0.688. The zero-order valence-corrected chi connectivity index (χ0v) is 15.8. The van der Waals surface area contributed by atoms with E-state index in [9.17, 15) is 13.2 Å². The summed E-state index contributed by atoms with van der Waals surface area (Å²) in [5, 5.41) is 0. The number of carbonyl (C=O) groups is 1. The van der Waals surface area contributed by atoms with E-state index in [1.165, 1.54) is 0 Å². The number of nitrogens with zero attached hydrogens (tertiary/aromatic N) is 4. The minimum Gasteiger partial charge on any atom is -0.347 e. The maximum absolute atomic E-state index is 12.4. The highest BCUT2D eigenvalue weighted by molar-refractivity contribution is 7.88. The number of amides is 1. The molecule has 8 nitrogen and oxygen atoms in total. The predicted octanol–water partition coefficient (Wildman–Crippen LogP) is -0.102. The van der Waals surface area contributed by atoms with E-state index in [-0.39, 0.29) is 17.9 Å². The first-order valence-electron chi connectivity index (χ1n) is 8.46. The Bertz CT molecular complexity index is 776. The van der Waals surface area contributed by atoms with Gasteiger partial charge in [0.2, 0.25) is 21.9 Å². The average molecular weight is 367 g/mol. The summed E-state index contributed by atoms with van der Waals surface area (Å²) in [6.45, 7) is 1.07. The molecule has 25 heavy (non-hydrogen) atoms. The molecule has 0 saturated carbocycles. The first-order chi connectivity index (χ1) is 11.7. The van der Waals surface area contributed by atoms with E-state index < -0.39 is 10.0 Å². The molecule has 1 aromatic rings.